The Kier molecular flexibility index (Phi) is 3.76. The van der Waals surface area contributed by atoms with Crippen molar-refractivity contribution in [3.63, 3.8) is 0 Å². The summed E-state index contributed by atoms with van der Waals surface area (Å²) < 4.78 is 0. The Labute approximate surface area is 117 Å². The Morgan fingerprint density at radius 1 is 1.15 bits per heavy atom. The van der Waals surface area contributed by atoms with E-state index in [0.717, 1.165) is 29.4 Å². The molecule has 104 valence electrons. The molecule has 1 aromatic carbocycles. The van der Waals surface area contributed by atoms with Crippen molar-refractivity contribution >= 4 is 17.1 Å². The Morgan fingerprint density at radius 3 is 2.70 bits per heavy atom. The first-order valence-corrected chi connectivity index (χ1v) is 7.05. The topological polar surface area (TPSA) is 66.9 Å². The van der Waals surface area contributed by atoms with Gasteiger partial charge in [-0.25, -0.2) is 4.79 Å². The molecule has 0 spiro atoms. The summed E-state index contributed by atoms with van der Waals surface area (Å²) in [5.41, 5.74) is 2.74. The molecule has 2 N–H and O–H groups in total. The molecular formula is C15H18N4O. The number of nitrogens with zero attached hydrogens (tertiary/aromatic N) is 2. The van der Waals surface area contributed by atoms with Crippen molar-refractivity contribution in [2.75, 3.05) is 0 Å². The molecule has 0 aliphatic heterocycles. The number of hydrogen-bond acceptors (Lipinski definition) is 3. The van der Waals surface area contributed by atoms with Crippen LogP contribution in [0.1, 0.15) is 31.2 Å². The van der Waals surface area contributed by atoms with Gasteiger partial charge in [0, 0.05) is 25.0 Å². The average Bonchev–Trinajstić information content (AvgIpc) is 2.98. The molecule has 0 radical (unpaired) electrons. The van der Waals surface area contributed by atoms with Gasteiger partial charge in [-0.05, 0) is 30.5 Å². The van der Waals surface area contributed by atoms with Gasteiger partial charge >= 0.3 is 6.03 Å². The monoisotopic (exact) mass is 270 g/mol. The van der Waals surface area contributed by atoms with Crippen molar-refractivity contribution in [3.05, 3.63) is 36.2 Å². The van der Waals surface area contributed by atoms with E-state index in [4.69, 9.17) is 0 Å². The molecule has 1 aromatic heterocycles. The van der Waals surface area contributed by atoms with Crippen LogP contribution < -0.4 is 10.6 Å². The number of carbonyl (C=O) groups excluding carboxylic acids is 1. The lowest BCUT2D eigenvalue weighted by Gasteiger charge is -2.13. The molecule has 0 atom stereocenters. The minimum atomic E-state index is -0.0869. The van der Waals surface area contributed by atoms with Crippen molar-refractivity contribution in [2.45, 2.75) is 38.3 Å². The maximum atomic E-state index is 11.8. The summed E-state index contributed by atoms with van der Waals surface area (Å²) in [6, 6.07) is 6.10. The Bertz CT molecular complexity index is 608. The third-order valence-electron chi connectivity index (χ3n) is 3.68. The second-order valence-corrected chi connectivity index (χ2v) is 5.19. The standard InChI is InChI=1S/C15H18N4O/c20-15(19-12-3-1-2-4-12)18-10-11-5-6-13-14(9-11)17-8-7-16-13/h5-9,12H,1-4,10H2,(H2,18,19,20). The fraction of sp³-hybridized carbons (Fsp3) is 0.400. The highest BCUT2D eigenvalue weighted by Gasteiger charge is 2.16. The van der Waals surface area contributed by atoms with Gasteiger partial charge in [0.15, 0.2) is 0 Å². The van der Waals surface area contributed by atoms with E-state index in [1.165, 1.54) is 12.8 Å². The lowest BCUT2D eigenvalue weighted by Crippen LogP contribution is -2.40. The molecule has 0 unspecified atom stereocenters. The second-order valence-electron chi connectivity index (χ2n) is 5.19. The van der Waals surface area contributed by atoms with Crippen LogP contribution in [0.15, 0.2) is 30.6 Å². The largest absolute Gasteiger partial charge is 0.335 e. The molecule has 1 aliphatic rings. The molecule has 5 heteroatoms. The fourth-order valence-corrected chi connectivity index (χ4v) is 2.61. The summed E-state index contributed by atoms with van der Waals surface area (Å²) in [6.07, 6.45) is 7.97. The lowest BCUT2D eigenvalue weighted by atomic mass is 10.2. The molecular weight excluding hydrogens is 252 g/mol. The Morgan fingerprint density at radius 2 is 1.90 bits per heavy atom. The summed E-state index contributed by atoms with van der Waals surface area (Å²) >= 11 is 0. The number of rotatable bonds is 3. The number of amides is 2. The van der Waals surface area contributed by atoms with Crippen molar-refractivity contribution < 1.29 is 4.79 Å². The quantitative estimate of drug-likeness (QED) is 0.899. The third-order valence-corrected chi connectivity index (χ3v) is 3.68. The molecule has 20 heavy (non-hydrogen) atoms. The zero-order valence-corrected chi connectivity index (χ0v) is 11.3. The van der Waals surface area contributed by atoms with Crippen LogP contribution in [-0.2, 0) is 6.54 Å². The van der Waals surface area contributed by atoms with Gasteiger partial charge in [0.05, 0.1) is 11.0 Å². The van der Waals surface area contributed by atoms with Crippen molar-refractivity contribution in [2.24, 2.45) is 0 Å². The van der Waals surface area contributed by atoms with Gasteiger partial charge < -0.3 is 10.6 Å². The lowest BCUT2D eigenvalue weighted by molar-refractivity contribution is 0.236. The van der Waals surface area contributed by atoms with Crippen LogP contribution >= 0.6 is 0 Å². The predicted molar refractivity (Wildman–Crippen MR) is 77.2 cm³/mol. The van der Waals surface area contributed by atoms with Gasteiger partial charge in [-0.1, -0.05) is 18.9 Å². The molecule has 3 rings (SSSR count). The van der Waals surface area contributed by atoms with Crippen LogP contribution in [0.4, 0.5) is 4.79 Å². The van der Waals surface area contributed by atoms with E-state index < -0.39 is 0 Å². The number of carbonyl (C=O) groups is 1. The number of urea groups is 1. The summed E-state index contributed by atoms with van der Waals surface area (Å²) in [5.74, 6) is 0. The SMILES string of the molecule is O=C(NCc1ccc2nccnc2c1)NC1CCCC1. The van der Waals surface area contributed by atoms with Gasteiger partial charge in [-0.2, -0.15) is 0 Å². The molecule has 1 saturated carbocycles. The molecule has 0 saturated heterocycles. The number of nitrogens with one attached hydrogen (secondary N) is 2. The zero-order valence-electron chi connectivity index (χ0n) is 11.3. The fourth-order valence-electron chi connectivity index (χ4n) is 2.61. The molecule has 0 bridgehead atoms. The summed E-state index contributed by atoms with van der Waals surface area (Å²) in [6.45, 7) is 0.505. The molecule has 1 aliphatic carbocycles. The molecule has 5 nitrogen and oxygen atoms in total. The van der Waals surface area contributed by atoms with Crippen molar-refractivity contribution in [1.82, 2.24) is 20.6 Å². The minimum absolute atomic E-state index is 0.0869. The highest BCUT2D eigenvalue weighted by atomic mass is 16.2. The van der Waals surface area contributed by atoms with Crippen LogP contribution in [0.2, 0.25) is 0 Å². The van der Waals surface area contributed by atoms with E-state index in [1.54, 1.807) is 12.4 Å². The smallest absolute Gasteiger partial charge is 0.315 e. The van der Waals surface area contributed by atoms with Gasteiger partial charge in [0.25, 0.3) is 0 Å². The average molecular weight is 270 g/mol. The van der Waals surface area contributed by atoms with Crippen LogP contribution in [0.25, 0.3) is 11.0 Å². The van der Waals surface area contributed by atoms with Gasteiger partial charge in [-0.3, -0.25) is 9.97 Å². The first-order valence-electron chi connectivity index (χ1n) is 7.05. The number of hydrogen-bond donors (Lipinski definition) is 2. The first-order chi connectivity index (χ1) is 9.81. The van der Waals surface area contributed by atoms with Crippen molar-refractivity contribution in [1.29, 1.82) is 0 Å². The Balaban J connectivity index is 1.57. The van der Waals surface area contributed by atoms with Gasteiger partial charge in [0.1, 0.15) is 0 Å². The van der Waals surface area contributed by atoms with Gasteiger partial charge in [-0.15, -0.1) is 0 Å². The van der Waals surface area contributed by atoms with E-state index in [9.17, 15) is 4.79 Å². The van der Waals surface area contributed by atoms with Gasteiger partial charge in [0.2, 0.25) is 0 Å². The predicted octanol–water partition coefficient (Wildman–Crippen LogP) is 2.37. The van der Waals surface area contributed by atoms with E-state index in [0.29, 0.717) is 12.6 Å². The number of fused-ring (bicyclic) bond motifs is 1. The van der Waals surface area contributed by atoms with E-state index >= 15 is 0 Å². The number of benzene rings is 1. The summed E-state index contributed by atoms with van der Waals surface area (Å²) in [7, 11) is 0. The summed E-state index contributed by atoms with van der Waals surface area (Å²) in [4.78, 5) is 20.3. The van der Waals surface area contributed by atoms with E-state index in [-0.39, 0.29) is 6.03 Å². The zero-order chi connectivity index (χ0) is 13.8. The number of aromatic nitrogens is 2. The molecule has 1 heterocycles. The maximum Gasteiger partial charge on any atom is 0.315 e. The normalized spacial score (nSPS) is 15.4. The van der Waals surface area contributed by atoms with Crippen LogP contribution in [0.3, 0.4) is 0 Å². The van der Waals surface area contributed by atoms with Crippen molar-refractivity contribution in [3.8, 4) is 0 Å². The molecule has 2 aromatic rings. The van der Waals surface area contributed by atoms with Crippen LogP contribution in [0, 0.1) is 0 Å². The highest BCUT2D eigenvalue weighted by molar-refractivity contribution is 5.76. The maximum absolute atomic E-state index is 11.8. The van der Waals surface area contributed by atoms with Crippen LogP contribution in [-0.4, -0.2) is 22.0 Å². The summed E-state index contributed by atoms with van der Waals surface area (Å²) in [5, 5.41) is 5.90. The van der Waals surface area contributed by atoms with E-state index in [1.807, 2.05) is 18.2 Å². The third kappa shape index (κ3) is 3.04. The minimum Gasteiger partial charge on any atom is -0.335 e. The highest BCUT2D eigenvalue weighted by Crippen LogP contribution is 2.17. The van der Waals surface area contributed by atoms with Crippen LogP contribution in [0.5, 0.6) is 0 Å². The Hall–Kier alpha value is -2.17. The first kappa shape index (κ1) is 12.8. The molecule has 1 fully saturated rings. The second kappa shape index (κ2) is 5.86. The van der Waals surface area contributed by atoms with E-state index in [2.05, 4.69) is 20.6 Å². The molecule has 2 amide bonds.